The number of hydrogen-bond donors (Lipinski definition) is 0. The van der Waals surface area contributed by atoms with Crippen LogP contribution in [0.25, 0.3) is 0 Å². The molecular formula is C19H19N3OS. The van der Waals surface area contributed by atoms with E-state index >= 15 is 0 Å². The zero-order valence-electron chi connectivity index (χ0n) is 14.1. The number of fused-ring (bicyclic) bond motifs is 1. The first-order valence-corrected chi connectivity index (χ1v) is 8.90. The minimum atomic E-state index is 0.0616. The molecule has 0 atom stereocenters. The van der Waals surface area contributed by atoms with Crippen LogP contribution in [0.2, 0.25) is 0 Å². The Labute approximate surface area is 146 Å². The molecule has 0 spiro atoms. The van der Waals surface area contributed by atoms with E-state index in [4.69, 9.17) is 0 Å². The minimum Gasteiger partial charge on any atom is -0.311 e. The first-order chi connectivity index (χ1) is 11.5. The second kappa shape index (κ2) is 6.66. The second-order valence-corrected chi connectivity index (χ2v) is 6.92. The van der Waals surface area contributed by atoms with Crippen LogP contribution in [0.1, 0.15) is 27.9 Å². The zero-order chi connectivity index (χ0) is 17.3. The van der Waals surface area contributed by atoms with Crippen molar-refractivity contribution in [1.82, 2.24) is 4.98 Å². The number of rotatable bonds is 3. The first kappa shape index (κ1) is 16.5. The molecule has 1 aromatic carbocycles. The number of aryl methyl sites for hydroxylation is 1. The van der Waals surface area contributed by atoms with Gasteiger partial charge in [-0.3, -0.25) is 4.79 Å². The van der Waals surface area contributed by atoms with Crippen LogP contribution >= 0.6 is 11.8 Å². The van der Waals surface area contributed by atoms with E-state index < -0.39 is 0 Å². The van der Waals surface area contributed by atoms with Gasteiger partial charge in [-0.2, -0.15) is 5.26 Å². The average Bonchev–Trinajstić information content (AvgIpc) is 3.02. The fourth-order valence-corrected chi connectivity index (χ4v) is 3.91. The van der Waals surface area contributed by atoms with E-state index in [1.54, 1.807) is 0 Å². The number of nitrogens with zero attached hydrogens (tertiary/aromatic N) is 3. The topological polar surface area (TPSA) is 57.0 Å². The summed E-state index contributed by atoms with van der Waals surface area (Å²) in [5.74, 6) is 0.351. The van der Waals surface area contributed by atoms with E-state index in [1.807, 2.05) is 43.9 Å². The van der Waals surface area contributed by atoms with Gasteiger partial charge in [0.05, 0.1) is 11.3 Å². The van der Waals surface area contributed by atoms with Crippen LogP contribution in [0, 0.1) is 32.1 Å². The fraction of sp³-hybridized carbons (Fsp3) is 0.316. The number of thioether (sulfide) groups is 1. The number of aromatic nitrogens is 1. The molecule has 1 amide bonds. The molecule has 0 bridgehead atoms. The smallest absolute Gasteiger partial charge is 0.237 e. The third-order valence-corrected chi connectivity index (χ3v) is 5.56. The van der Waals surface area contributed by atoms with E-state index in [0.29, 0.717) is 10.6 Å². The Kier molecular flexibility index (Phi) is 4.59. The molecule has 0 fully saturated rings. The molecule has 122 valence electrons. The van der Waals surface area contributed by atoms with Gasteiger partial charge in [0.15, 0.2) is 0 Å². The Hall–Kier alpha value is -2.32. The van der Waals surface area contributed by atoms with E-state index in [0.717, 1.165) is 35.5 Å². The Morgan fingerprint density at radius 3 is 2.79 bits per heavy atom. The molecule has 1 aliphatic rings. The summed E-state index contributed by atoms with van der Waals surface area (Å²) in [6.45, 7) is 6.57. The van der Waals surface area contributed by atoms with Gasteiger partial charge in [0.25, 0.3) is 0 Å². The van der Waals surface area contributed by atoms with Crippen molar-refractivity contribution in [2.45, 2.75) is 32.2 Å². The van der Waals surface area contributed by atoms with Gasteiger partial charge >= 0.3 is 0 Å². The third-order valence-electron chi connectivity index (χ3n) is 4.60. The highest BCUT2D eigenvalue weighted by Crippen LogP contribution is 2.30. The van der Waals surface area contributed by atoms with Crippen LogP contribution in [0.5, 0.6) is 0 Å². The molecule has 4 nitrogen and oxygen atoms in total. The summed E-state index contributed by atoms with van der Waals surface area (Å²) in [5.41, 5.74) is 5.70. The number of para-hydroxylation sites is 1. The fourth-order valence-electron chi connectivity index (χ4n) is 2.95. The van der Waals surface area contributed by atoms with Gasteiger partial charge in [0.1, 0.15) is 11.1 Å². The SMILES string of the molecule is Cc1nc(SCC(=O)N2CCc3ccccc32)c(C#N)c(C)c1C. The summed E-state index contributed by atoms with van der Waals surface area (Å²) >= 11 is 1.35. The lowest BCUT2D eigenvalue weighted by Crippen LogP contribution is -2.30. The standard InChI is InChI=1S/C19H19N3OS/c1-12-13(2)16(10-20)19(21-14(12)3)24-11-18(23)22-9-8-15-6-4-5-7-17(15)22/h4-7H,8-9,11H2,1-3H3. The van der Waals surface area contributed by atoms with E-state index in [9.17, 15) is 10.1 Å². The number of pyridine rings is 1. The van der Waals surface area contributed by atoms with Gasteiger partial charge in [-0.1, -0.05) is 30.0 Å². The number of amides is 1. The molecule has 0 unspecified atom stereocenters. The van der Waals surface area contributed by atoms with Gasteiger partial charge in [-0.25, -0.2) is 4.98 Å². The lowest BCUT2D eigenvalue weighted by molar-refractivity contribution is -0.116. The highest BCUT2D eigenvalue weighted by molar-refractivity contribution is 8.00. The van der Waals surface area contributed by atoms with Crippen LogP contribution in [0.4, 0.5) is 5.69 Å². The molecule has 0 radical (unpaired) electrons. The molecule has 1 aromatic heterocycles. The number of hydrogen-bond acceptors (Lipinski definition) is 4. The second-order valence-electron chi connectivity index (χ2n) is 5.95. The van der Waals surface area contributed by atoms with Crippen LogP contribution in [-0.2, 0) is 11.2 Å². The highest BCUT2D eigenvalue weighted by Gasteiger charge is 2.24. The summed E-state index contributed by atoms with van der Waals surface area (Å²) in [6, 6.07) is 10.3. The van der Waals surface area contributed by atoms with E-state index in [2.05, 4.69) is 17.1 Å². The molecule has 0 N–H and O–H groups in total. The van der Waals surface area contributed by atoms with Crippen LogP contribution < -0.4 is 4.90 Å². The molecule has 5 heteroatoms. The zero-order valence-corrected chi connectivity index (χ0v) is 14.9. The molecule has 3 rings (SSSR count). The normalized spacial score (nSPS) is 12.8. The lowest BCUT2D eigenvalue weighted by atomic mass is 10.1. The number of benzene rings is 1. The predicted octanol–water partition coefficient (Wildman–Crippen LogP) is 3.56. The van der Waals surface area contributed by atoms with Gasteiger partial charge in [0, 0.05) is 17.9 Å². The Balaban J connectivity index is 1.78. The minimum absolute atomic E-state index is 0.0616. The van der Waals surface area contributed by atoms with Crippen molar-refractivity contribution in [3.63, 3.8) is 0 Å². The summed E-state index contributed by atoms with van der Waals surface area (Å²) < 4.78 is 0. The predicted molar refractivity (Wildman–Crippen MR) is 96.4 cm³/mol. The Morgan fingerprint density at radius 1 is 1.29 bits per heavy atom. The average molecular weight is 337 g/mol. The third kappa shape index (κ3) is 2.90. The highest BCUT2D eigenvalue weighted by atomic mass is 32.2. The number of carbonyl (C=O) groups is 1. The molecular weight excluding hydrogens is 318 g/mol. The maximum atomic E-state index is 12.6. The van der Waals surface area contributed by atoms with Crippen LogP contribution in [-0.4, -0.2) is 23.2 Å². The molecule has 2 aromatic rings. The summed E-state index contributed by atoms with van der Waals surface area (Å²) in [6.07, 6.45) is 0.900. The molecule has 0 aliphatic carbocycles. The maximum absolute atomic E-state index is 12.6. The van der Waals surface area contributed by atoms with E-state index in [-0.39, 0.29) is 11.7 Å². The molecule has 0 saturated carbocycles. The Bertz CT molecular complexity index is 854. The van der Waals surface area contributed by atoms with E-state index in [1.165, 1.54) is 17.3 Å². The number of anilines is 1. The number of nitriles is 1. The van der Waals surface area contributed by atoms with Crippen LogP contribution in [0.15, 0.2) is 29.3 Å². The first-order valence-electron chi connectivity index (χ1n) is 7.92. The van der Waals surface area contributed by atoms with Crippen molar-refractivity contribution in [3.8, 4) is 6.07 Å². The summed E-state index contributed by atoms with van der Waals surface area (Å²) in [4.78, 5) is 19.0. The van der Waals surface area contributed by atoms with Crippen molar-refractivity contribution in [1.29, 1.82) is 5.26 Å². The lowest BCUT2D eigenvalue weighted by Gasteiger charge is -2.17. The Morgan fingerprint density at radius 2 is 2.04 bits per heavy atom. The van der Waals surface area contributed by atoms with Crippen molar-refractivity contribution in [2.75, 3.05) is 17.2 Å². The van der Waals surface area contributed by atoms with Gasteiger partial charge < -0.3 is 4.90 Å². The quantitative estimate of drug-likeness (QED) is 0.804. The number of carbonyl (C=O) groups excluding carboxylic acids is 1. The molecule has 24 heavy (non-hydrogen) atoms. The monoisotopic (exact) mass is 337 g/mol. The molecule has 1 aliphatic heterocycles. The molecule has 2 heterocycles. The van der Waals surface area contributed by atoms with Crippen LogP contribution in [0.3, 0.4) is 0 Å². The summed E-state index contributed by atoms with van der Waals surface area (Å²) in [5, 5.41) is 10.1. The largest absolute Gasteiger partial charge is 0.311 e. The molecule has 0 saturated heterocycles. The van der Waals surface area contributed by atoms with Crippen molar-refractivity contribution in [2.24, 2.45) is 0 Å². The van der Waals surface area contributed by atoms with Gasteiger partial charge in [-0.15, -0.1) is 0 Å². The van der Waals surface area contributed by atoms with Crippen molar-refractivity contribution >= 4 is 23.4 Å². The van der Waals surface area contributed by atoms with Gasteiger partial charge in [0.2, 0.25) is 5.91 Å². The van der Waals surface area contributed by atoms with Gasteiger partial charge in [-0.05, 0) is 49.9 Å². The summed E-state index contributed by atoms with van der Waals surface area (Å²) in [7, 11) is 0. The maximum Gasteiger partial charge on any atom is 0.237 e. The van der Waals surface area contributed by atoms with Crippen molar-refractivity contribution in [3.05, 3.63) is 52.2 Å². The van der Waals surface area contributed by atoms with Crippen molar-refractivity contribution < 1.29 is 4.79 Å².